The molecular weight excluding hydrogens is 345 g/mol. The number of hydrogen-bond donors (Lipinski definition) is 0. The molecule has 0 atom stereocenters. The zero-order chi connectivity index (χ0) is 18.3. The third-order valence-electron chi connectivity index (χ3n) is 6.40. The lowest BCUT2D eigenvalue weighted by Gasteiger charge is -2.45. The molecule has 0 bridgehead atoms. The maximum Gasteiger partial charge on any atom is 0.150 e. The van der Waals surface area contributed by atoms with E-state index in [9.17, 15) is 4.39 Å². The topological polar surface area (TPSA) is 19.4 Å². The number of anilines is 1. The molecule has 1 aromatic carbocycles. The molecule has 2 heterocycles. The van der Waals surface area contributed by atoms with Gasteiger partial charge in [-0.2, -0.15) is 4.37 Å². The van der Waals surface area contributed by atoms with Gasteiger partial charge in [-0.05, 0) is 72.8 Å². The maximum absolute atomic E-state index is 13.4. The molecule has 1 saturated heterocycles. The van der Waals surface area contributed by atoms with Crippen molar-refractivity contribution in [3.05, 3.63) is 24.0 Å². The first-order chi connectivity index (χ1) is 12.4. The van der Waals surface area contributed by atoms with Gasteiger partial charge in [0.1, 0.15) is 11.6 Å². The molecule has 0 unspecified atom stereocenters. The Kier molecular flexibility index (Phi) is 4.95. The Balaban J connectivity index is 1.25. The molecule has 3 nitrogen and oxygen atoms in total. The van der Waals surface area contributed by atoms with Crippen molar-refractivity contribution in [2.24, 2.45) is 17.3 Å². The molecule has 2 aliphatic rings. The van der Waals surface area contributed by atoms with Gasteiger partial charge in [0.25, 0.3) is 0 Å². The molecule has 0 N–H and O–H groups in total. The lowest BCUT2D eigenvalue weighted by molar-refractivity contribution is 0.0630. The van der Waals surface area contributed by atoms with E-state index in [0.29, 0.717) is 5.41 Å². The van der Waals surface area contributed by atoms with Crippen LogP contribution >= 0.6 is 11.5 Å². The first-order valence-corrected chi connectivity index (χ1v) is 10.7. The fourth-order valence-electron chi connectivity index (χ4n) is 4.35. The first-order valence-electron chi connectivity index (χ1n) is 9.92. The number of aromatic nitrogens is 1. The second-order valence-electron chi connectivity index (χ2n) is 9.16. The van der Waals surface area contributed by atoms with Gasteiger partial charge in [-0.3, -0.25) is 4.90 Å². The molecule has 1 aliphatic heterocycles. The van der Waals surface area contributed by atoms with Gasteiger partial charge in [0.05, 0.1) is 4.70 Å². The van der Waals surface area contributed by atoms with E-state index in [1.165, 1.54) is 37.3 Å². The monoisotopic (exact) mass is 375 g/mol. The Hall–Kier alpha value is -1.20. The van der Waals surface area contributed by atoms with Gasteiger partial charge in [-0.15, -0.1) is 0 Å². The van der Waals surface area contributed by atoms with Crippen LogP contribution in [0.3, 0.4) is 0 Å². The summed E-state index contributed by atoms with van der Waals surface area (Å²) in [6.45, 7) is 12.6. The minimum atomic E-state index is -0.179. The minimum Gasteiger partial charge on any atom is -0.353 e. The SMILES string of the molecule is CC(C)(C)C1CC(CCN2CCN(c3nsc4cc(F)ccc34)CC2)C1. The number of piperazine rings is 1. The largest absolute Gasteiger partial charge is 0.353 e. The van der Waals surface area contributed by atoms with Crippen LogP contribution in [0.2, 0.25) is 0 Å². The molecule has 4 rings (SSSR count). The lowest BCUT2D eigenvalue weighted by atomic mass is 9.62. The van der Waals surface area contributed by atoms with Crippen LogP contribution in [-0.2, 0) is 0 Å². The van der Waals surface area contributed by atoms with Crippen molar-refractivity contribution < 1.29 is 4.39 Å². The van der Waals surface area contributed by atoms with E-state index in [1.54, 1.807) is 12.1 Å². The Bertz CT molecular complexity index is 752. The lowest BCUT2D eigenvalue weighted by Crippen LogP contribution is -2.47. The van der Waals surface area contributed by atoms with Crippen LogP contribution in [0, 0.1) is 23.1 Å². The van der Waals surface area contributed by atoms with Crippen LogP contribution in [0.4, 0.5) is 10.2 Å². The van der Waals surface area contributed by atoms with E-state index in [-0.39, 0.29) is 5.82 Å². The third kappa shape index (κ3) is 3.74. The highest BCUT2D eigenvalue weighted by atomic mass is 32.1. The van der Waals surface area contributed by atoms with Crippen molar-refractivity contribution in [2.75, 3.05) is 37.6 Å². The van der Waals surface area contributed by atoms with Gasteiger partial charge in [-0.25, -0.2) is 4.39 Å². The van der Waals surface area contributed by atoms with E-state index in [0.717, 1.165) is 53.9 Å². The van der Waals surface area contributed by atoms with E-state index in [4.69, 9.17) is 0 Å². The van der Waals surface area contributed by atoms with E-state index in [2.05, 4.69) is 34.9 Å². The van der Waals surface area contributed by atoms with Gasteiger partial charge in [0, 0.05) is 31.6 Å². The number of benzene rings is 1. The number of fused-ring (bicyclic) bond motifs is 1. The zero-order valence-corrected chi connectivity index (χ0v) is 17.0. The number of halogens is 1. The van der Waals surface area contributed by atoms with Crippen LogP contribution in [0.15, 0.2) is 18.2 Å². The van der Waals surface area contributed by atoms with Crippen LogP contribution in [0.25, 0.3) is 10.1 Å². The Labute approximate surface area is 160 Å². The Morgan fingerprint density at radius 3 is 2.58 bits per heavy atom. The summed E-state index contributed by atoms with van der Waals surface area (Å²) < 4.78 is 18.9. The summed E-state index contributed by atoms with van der Waals surface area (Å²) in [4.78, 5) is 4.97. The average Bonchev–Trinajstić information content (AvgIpc) is 2.95. The van der Waals surface area contributed by atoms with Gasteiger partial charge in [0.2, 0.25) is 0 Å². The summed E-state index contributed by atoms with van der Waals surface area (Å²) in [5.41, 5.74) is 0.487. The number of hydrogen-bond acceptors (Lipinski definition) is 4. The smallest absolute Gasteiger partial charge is 0.150 e. The Morgan fingerprint density at radius 2 is 1.88 bits per heavy atom. The average molecular weight is 376 g/mol. The van der Waals surface area contributed by atoms with Gasteiger partial charge >= 0.3 is 0 Å². The van der Waals surface area contributed by atoms with Crippen LogP contribution in [0.5, 0.6) is 0 Å². The summed E-state index contributed by atoms with van der Waals surface area (Å²) in [6, 6.07) is 5.01. The molecule has 1 saturated carbocycles. The van der Waals surface area contributed by atoms with Crippen LogP contribution in [0.1, 0.15) is 40.0 Å². The molecular formula is C21H30FN3S. The van der Waals surface area contributed by atoms with Gasteiger partial charge in [-0.1, -0.05) is 20.8 Å². The van der Waals surface area contributed by atoms with Crippen LogP contribution in [-0.4, -0.2) is 42.0 Å². The van der Waals surface area contributed by atoms with Crippen molar-refractivity contribution in [2.45, 2.75) is 40.0 Å². The summed E-state index contributed by atoms with van der Waals surface area (Å²) in [6.07, 6.45) is 4.20. The quantitative estimate of drug-likeness (QED) is 0.748. The predicted molar refractivity (Wildman–Crippen MR) is 109 cm³/mol. The molecule has 2 fully saturated rings. The number of nitrogens with zero attached hydrogens (tertiary/aromatic N) is 3. The third-order valence-corrected chi connectivity index (χ3v) is 7.20. The van der Waals surface area contributed by atoms with E-state index >= 15 is 0 Å². The predicted octanol–water partition coefficient (Wildman–Crippen LogP) is 5.02. The van der Waals surface area contributed by atoms with E-state index in [1.807, 2.05) is 6.07 Å². The molecule has 5 heteroatoms. The first kappa shape index (κ1) is 18.2. The molecule has 0 spiro atoms. The molecule has 1 aliphatic carbocycles. The summed E-state index contributed by atoms with van der Waals surface area (Å²) in [7, 11) is 0. The van der Waals surface area contributed by atoms with E-state index < -0.39 is 0 Å². The van der Waals surface area contributed by atoms with Crippen LogP contribution < -0.4 is 4.90 Å². The second-order valence-corrected chi connectivity index (χ2v) is 9.97. The molecule has 0 amide bonds. The maximum atomic E-state index is 13.4. The normalized spacial score (nSPS) is 24.8. The zero-order valence-electron chi connectivity index (χ0n) is 16.2. The molecule has 26 heavy (non-hydrogen) atoms. The summed E-state index contributed by atoms with van der Waals surface area (Å²) in [5, 5.41) is 1.09. The highest BCUT2D eigenvalue weighted by Crippen LogP contribution is 2.46. The number of rotatable bonds is 4. The standard InChI is InChI=1S/C21H30FN3S/c1-21(2,3)16-12-15(13-16)6-7-24-8-10-25(11-9-24)20-18-5-4-17(22)14-19(18)26-23-20/h4-5,14-16H,6-13H2,1-3H3. The van der Waals surface area contributed by atoms with Crippen molar-refractivity contribution in [3.63, 3.8) is 0 Å². The Morgan fingerprint density at radius 1 is 1.15 bits per heavy atom. The van der Waals surface area contributed by atoms with Crippen molar-refractivity contribution >= 4 is 27.4 Å². The molecule has 1 aromatic heterocycles. The van der Waals surface area contributed by atoms with Crippen molar-refractivity contribution in [1.82, 2.24) is 9.27 Å². The summed E-state index contributed by atoms with van der Waals surface area (Å²) >= 11 is 1.40. The molecule has 142 valence electrons. The van der Waals surface area contributed by atoms with Gasteiger partial charge in [0.15, 0.2) is 0 Å². The second kappa shape index (κ2) is 7.08. The highest BCUT2D eigenvalue weighted by molar-refractivity contribution is 7.13. The van der Waals surface area contributed by atoms with Crippen molar-refractivity contribution in [3.8, 4) is 0 Å². The summed E-state index contributed by atoms with van der Waals surface area (Å²) in [5.74, 6) is 2.72. The highest BCUT2D eigenvalue weighted by Gasteiger charge is 2.36. The minimum absolute atomic E-state index is 0.179. The fraction of sp³-hybridized carbons (Fsp3) is 0.667. The molecule has 0 radical (unpaired) electrons. The fourth-order valence-corrected chi connectivity index (χ4v) is 5.17. The van der Waals surface area contributed by atoms with Crippen molar-refractivity contribution in [1.29, 1.82) is 0 Å². The van der Waals surface area contributed by atoms with Gasteiger partial charge < -0.3 is 4.90 Å². The molecule has 2 aromatic rings.